The SMILES string of the molecule is N#Cc1ccc(OCC(=O)N2CCN(c3cnn(-c4ccccc4)c(=O)c3Cl)CC2)cc1. The molecule has 0 atom stereocenters. The van der Waals surface area contributed by atoms with E-state index < -0.39 is 0 Å². The fourth-order valence-electron chi connectivity index (χ4n) is 3.46. The van der Waals surface area contributed by atoms with Crippen LogP contribution in [-0.4, -0.2) is 53.4 Å². The molecule has 2 aromatic carbocycles. The van der Waals surface area contributed by atoms with Gasteiger partial charge < -0.3 is 14.5 Å². The molecule has 9 heteroatoms. The molecule has 0 saturated carbocycles. The summed E-state index contributed by atoms with van der Waals surface area (Å²) in [4.78, 5) is 28.9. The van der Waals surface area contributed by atoms with E-state index in [0.717, 1.165) is 0 Å². The molecule has 4 rings (SSSR count). The summed E-state index contributed by atoms with van der Waals surface area (Å²) in [6, 6.07) is 17.7. The quantitative estimate of drug-likeness (QED) is 0.594. The lowest BCUT2D eigenvalue weighted by atomic mass is 10.2. The lowest BCUT2D eigenvalue weighted by Gasteiger charge is -2.36. The standard InChI is InChI=1S/C23H20ClN5O3/c24-22-20(15-26-29(23(22)31)18-4-2-1-3-5-18)27-10-12-28(13-11-27)21(30)16-32-19-8-6-17(14-25)7-9-19/h1-9,15H,10-13,16H2. The maximum Gasteiger partial charge on any atom is 0.292 e. The van der Waals surface area contributed by atoms with Gasteiger partial charge in [-0.1, -0.05) is 29.8 Å². The van der Waals surface area contributed by atoms with E-state index in [1.165, 1.54) is 4.68 Å². The van der Waals surface area contributed by atoms with Crippen LogP contribution in [0.15, 0.2) is 65.6 Å². The summed E-state index contributed by atoms with van der Waals surface area (Å²) in [5.74, 6) is 0.408. The van der Waals surface area contributed by atoms with Crippen molar-refractivity contribution in [2.24, 2.45) is 0 Å². The smallest absolute Gasteiger partial charge is 0.292 e. The molecule has 2 heterocycles. The van der Waals surface area contributed by atoms with Crippen molar-refractivity contribution in [2.45, 2.75) is 0 Å². The third-order valence-corrected chi connectivity index (χ3v) is 5.58. The number of ether oxygens (including phenoxy) is 1. The van der Waals surface area contributed by atoms with Gasteiger partial charge in [0.1, 0.15) is 10.8 Å². The van der Waals surface area contributed by atoms with Crippen LogP contribution in [0.5, 0.6) is 5.75 Å². The van der Waals surface area contributed by atoms with Crippen LogP contribution >= 0.6 is 11.6 Å². The Morgan fingerprint density at radius 3 is 2.41 bits per heavy atom. The largest absolute Gasteiger partial charge is 0.484 e. The summed E-state index contributed by atoms with van der Waals surface area (Å²) < 4.78 is 6.80. The minimum Gasteiger partial charge on any atom is -0.484 e. The van der Waals surface area contributed by atoms with Crippen LogP contribution in [0.2, 0.25) is 5.02 Å². The Hall–Kier alpha value is -3.83. The summed E-state index contributed by atoms with van der Waals surface area (Å²) in [6.07, 6.45) is 1.59. The fourth-order valence-corrected chi connectivity index (χ4v) is 3.70. The monoisotopic (exact) mass is 449 g/mol. The molecular weight excluding hydrogens is 430 g/mol. The number of carbonyl (C=O) groups excluding carboxylic acids is 1. The van der Waals surface area contributed by atoms with Crippen molar-refractivity contribution in [2.75, 3.05) is 37.7 Å². The Morgan fingerprint density at radius 1 is 1.06 bits per heavy atom. The Bertz CT molecular complexity index is 1200. The van der Waals surface area contributed by atoms with Crippen molar-refractivity contribution in [1.29, 1.82) is 5.26 Å². The molecule has 0 N–H and O–H groups in total. The van der Waals surface area contributed by atoms with Crippen LogP contribution in [0.4, 0.5) is 5.69 Å². The number of carbonyl (C=O) groups is 1. The van der Waals surface area contributed by atoms with Gasteiger partial charge in [0.25, 0.3) is 11.5 Å². The van der Waals surface area contributed by atoms with Gasteiger partial charge in [-0.25, -0.2) is 0 Å². The molecule has 1 fully saturated rings. The third kappa shape index (κ3) is 4.58. The Labute approximate surface area is 189 Å². The maximum atomic E-state index is 12.7. The van der Waals surface area contributed by atoms with Gasteiger partial charge in [0, 0.05) is 26.2 Å². The van der Waals surface area contributed by atoms with Gasteiger partial charge in [0.2, 0.25) is 0 Å². The van der Waals surface area contributed by atoms with Gasteiger partial charge in [0.15, 0.2) is 6.61 Å². The first-order chi connectivity index (χ1) is 15.6. The average Bonchev–Trinajstić information content (AvgIpc) is 2.85. The topological polar surface area (TPSA) is 91.5 Å². The van der Waals surface area contributed by atoms with Crippen LogP contribution in [0.1, 0.15) is 5.56 Å². The second-order valence-corrected chi connectivity index (χ2v) is 7.57. The first kappa shape index (κ1) is 21.4. The molecule has 1 amide bonds. The highest BCUT2D eigenvalue weighted by molar-refractivity contribution is 6.33. The number of rotatable bonds is 5. The molecule has 0 aliphatic carbocycles. The number of anilines is 1. The van der Waals surface area contributed by atoms with Crippen LogP contribution in [0, 0.1) is 11.3 Å². The average molecular weight is 450 g/mol. The normalized spacial score (nSPS) is 13.5. The van der Waals surface area contributed by atoms with E-state index in [0.29, 0.717) is 48.9 Å². The number of amides is 1. The third-order valence-electron chi connectivity index (χ3n) is 5.22. The summed E-state index contributed by atoms with van der Waals surface area (Å²) in [5.41, 5.74) is 1.35. The first-order valence-corrected chi connectivity index (χ1v) is 10.4. The van der Waals surface area contributed by atoms with E-state index in [9.17, 15) is 9.59 Å². The minimum absolute atomic E-state index is 0.0820. The van der Waals surface area contributed by atoms with E-state index >= 15 is 0 Å². The lowest BCUT2D eigenvalue weighted by Crippen LogP contribution is -2.50. The molecule has 32 heavy (non-hydrogen) atoms. The number of para-hydroxylation sites is 1. The molecule has 3 aromatic rings. The fraction of sp³-hybridized carbons (Fsp3) is 0.217. The molecule has 1 aliphatic rings. The van der Waals surface area contributed by atoms with Gasteiger partial charge in [-0.2, -0.15) is 15.0 Å². The van der Waals surface area contributed by atoms with E-state index in [1.807, 2.05) is 29.2 Å². The highest BCUT2D eigenvalue weighted by Gasteiger charge is 2.24. The van der Waals surface area contributed by atoms with Crippen LogP contribution in [-0.2, 0) is 4.79 Å². The summed E-state index contributed by atoms with van der Waals surface area (Å²) in [6.45, 7) is 1.93. The van der Waals surface area contributed by atoms with Crippen LogP contribution in [0.3, 0.4) is 0 Å². The molecule has 0 radical (unpaired) electrons. The van der Waals surface area contributed by atoms with Gasteiger partial charge in [-0.3, -0.25) is 9.59 Å². The number of nitrogens with zero attached hydrogens (tertiary/aromatic N) is 5. The molecule has 0 spiro atoms. The summed E-state index contributed by atoms with van der Waals surface area (Å²) in [5, 5.41) is 13.2. The molecule has 1 saturated heterocycles. The van der Waals surface area contributed by atoms with Crippen molar-refractivity contribution in [3.63, 3.8) is 0 Å². The molecule has 1 aliphatic heterocycles. The second-order valence-electron chi connectivity index (χ2n) is 7.19. The zero-order chi connectivity index (χ0) is 22.5. The summed E-state index contributed by atoms with van der Waals surface area (Å²) >= 11 is 6.38. The number of halogens is 1. The number of benzene rings is 2. The van der Waals surface area contributed by atoms with E-state index in [-0.39, 0.29) is 23.1 Å². The van der Waals surface area contributed by atoms with Crippen molar-refractivity contribution in [3.8, 4) is 17.5 Å². The van der Waals surface area contributed by atoms with Gasteiger partial charge in [-0.05, 0) is 36.4 Å². The minimum atomic E-state index is -0.385. The molecule has 162 valence electrons. The van der Waals surface area contributed by atoms with Gasteiger partial charge in [0.05, 0.1) is 29.2 Å². The number of nitriles is 1. The molecule has 8 nitrogen and oxygen atoms in total. The van der Waals surface area contributed by atoms with Crippen LogP contribution in [0.25, 0.3) is 5.69 Å². The summed E-state index contributed by atoms with van der Waals surface area (Å²) in [7, 11) is 0. The molecule has 0 unspecified atom stereocenters. The first-order valence-electron chi connectivity index (χ1n) is 10.1. The lowest BCUT2D eigenvalue weighted by molar-refractivity contribution is -0.133. The number of aromatic nitrogens is 2. The molecule has 1 aromatic heterocycles. The van der Waals surface area contributed by atoms with Crippen molar-refractivity contribution >= 4 is 23.2 Å². The van der Waals surface area contributed by atoms with Crippen molar-refractivity contribution < 1.29 is 9.53 Å². The molecule has 0 bridgehead atoms. The van der Waals surface area contributed by atoms with Crippen molar-refractivity contribution in [1.82, 2.24) is 14.7 Å². The predicted molar refractivity (Wildman–Crippen MR) is 120 cm³/mol. The zero-order valence-electron chi connectivity index (χ0n) is 17.1. The van der Waals surface area contributed by atoms with Crippen molar-refractivity contribution in [3.05, 3.63) is 81.7 Å². The highest BCUT2D eigenvalue weighted by atomic mass is 35.5. The van der Waals surface area contributed by atoms with E-state index in [1.54, 1.807) is 47.5 Å². The van der Waals surface area contributed by atoms with E-state index in [2.05, 4.69) is 5.10 Å². The second kappa shape index (κ2) is 9.54. The van der Waals surface area contributed by atoms with Crippen LogP contribution < -0.4 is 15.2 Å². The molecular formula is C23H20ClN5O3. The van der Waals surface area contributed by atoms with Gasteiger partial charge >= 0.3 is 0 Å². The highest BCUT2D eigenvalue weighted by Crippen LogP contribution is 2.23. The van der Waals surface area contributed by atoms with E-state index in [4.69, 9.17) is 21.6 Å². The Balaban J connectivity index is 1.36. The Kier molecular flexibility index (Phi) is 6.38. The number of hydrogen-bond acceptors (Lipinski definition) is 6. The zero-order valence-corrected chi connectivity index (χ0v) is 17.9. The number of hydrogen-bond donors (Lipinski definition) is 0. The maximum absolute atomic E-state index is 12.7. The Morgan fingerprint density at radius 2 is 1.75 bits per heavy atom. The predicted octanol–water partition coefficient (Wildman–Crippen LogP) is 2.49. The van der Waals surface area contributed by atoms with Gasteiger partial charge in [-0.15, -0.1) is 0 Å². The number of piperazine rings is 1.